The van der Waals surface area contributed by atoms with Gasteiger partial charge in [0, 0.05) is 24.3 Å². The van der Waals surface area contributed by atoms with Crippen LogP contribution in [-0.4, -0.2) is 24.0 Å². The SMILES string of the molecule is COCc1cnc2c(NC(=O)c3c(Cl)cccc3Cl)cccc2c1OC(=O)c1c(Cl)cccc1Cl. The molecule has 1 heterocycles. The summed E-state index contributed by atoms with van der Waals surface area (Å²) in [5.74, 6) is -1.07. The van der Waals surface area contributed by atoms with Crippen LogP contribution in [0.4, 0.5) is 5.69 Å². The monoisotopic (exact) mass is 548 g/mol. The molecule has 178 valence electrons. The zero-order valence-electron chi connectivity index (χ0n) is 18.1. The maximum atomic E-state index is 13.0. The molecule has 0 radical (unpaired) electrons. The van der Waals surface area contributed by atoms with Gasteiger partial charge in [-0.2, -0.15) is 0 Å². The smallest absolute Gasteiger partial charge is 0.346 e. The molecule has 0 bridgehead atoms. The highest BCUT2D eigenvalue weighted by Crippen LogP contribution is 2.35. The van der Waals surface area contributed by atoms with Crippen LogP contribution in [0.1, 0.15) is 26.3 Å². The summed E-state index contributed by atoms with van der Waals surface area (Å²) in [6.45, 7) is 0.119. The number of amides is 1. The second kappa shape index (κ2) is 10.8. The normalized spacial score (nSPS) is 10.9. The van der Waals surface area contributed by atoms with Crippen molar-refractivity contribution in [2.24, 2.45) is 0 Å². The third kappa shape index (κ3) is 5.22. The van der Waals surface area contributed by atoms with Gasteiger partial charge in [0.25, 0.3) is 5.91 Å². The molecule has 0 fully saturated rings. The number of methoxy groups -OCH3 is 1. The Morgan fingerprint density at radius 1 is 0.857 bits per heavy atom. The quantitative estimate of drug-likeness (QED) is 0.252. The van der Waals surface area contributed by atoms with Crippen molar-refractivity contribution in [2.45, 2.75) is 6.61 Å². The fraction of sp³-hybridized carbons (Fsp3) is 0.0800. The number of hydrogen-bond acceptors (Lipinski definition) is 5. The van der Waals surface area contributed by atoms with Crippen LogP contribution in [0, 0.1) is 0 Å². The van der Waals surface area contributed by atoms with Gasteiger partial charge in [-0.05, 0) is 36.4 Å². The van der Waals surface area contributed by atoms with E-state index in [9.17, 15) is 9.59 Å². The number of nitrogens with one attached hydrogen (secondary N) is 1. The molecule has 10 heteroatoms. The second-order valence-corrected chi connectivity index (χ2v) is 8.91. The van der Waals surface area contributed by atoms with E-state index in [1.165, 1.54) is 25.4 Å². The zero-order chi connectivity index (χ0) is 25.1. The summed E-state index contributed by atoms with van der Waals surface area (Å²) in [4.78, 5) is 30.4. The van der Waals surface area contributed by atoms with E-state index in [-0.39, 0.29) is 43.6 Å². The average molecular weight is 550 g/mol. The first-order chi connectivity index (χ1) is 16.8. The molecule has 0 saturated heterocycles. The molecule has 1 amide bonds. The van der Waals surface area contributed by atoms with Crippen LogP contribution < -0.4 is 10.1 Å². The Morgan fingerprint density at radius 2 is 1.43 bits per heavy atom. The highest BCUT2D eigenvalue weighted by molar-refractivity contribution is 6.40. The Kier molecular flexibility index (Phi) is 7.79. The molecule has 0 aliphatic rings. The first-order valence-corrected chi connectivity index (χ1v) is 11.6. The topological polar surface area (TPSA) is 77.5 Å². The van der Waals surface area contributed by atoms with Crippen molar-refractivity contribution < 1.29 is 19.1 Å². The Hall–Kier alpha value is -2.87. The van der Waals surface area contributed by atoms with Gasteiger partial charge in [-0.15, -0.1) is 0 Å². The number of carbonyl (C=O) groups is 2. The minimum absolute atomic E-state index is 0.0296. The first kappa shape index (κ1) is 25.2. The lowest BCUT2D eigenvalue weighted by atomic mass is 10.1. The molecule has 4 rings (SSSR count). The van der Waals surface area contributed by atoms with E-state index < -0.39 is 11.9 Å². The third-order valence-corrected chi connectivity index (χ3v) is 6.28. The van der Waals surface area contributed by atoms with Gasteiger partial charge in [-0.3, -0.25) is 9.78 Å². The predicted octanol–water partition coefficient (Wildman–Crippen LogP) is 7.47. The molecular weight excluding hydrogens is 534 g/mol. The molecule has 4 aromatic rings. The molecule has 0 spiro atoms. The number of benzene rings is 3. The van der Waals surface area contributed by atoms with Crippen molar-refractivity contribution >= 4 is 74.9 Å². The van der Waals surface area contributed by atoms with E-state index in [4.69, 9.17) is 55.9 Å². The van der Waals surface area contributed by atoms with E-state index in [0.29, 0.717) is 22.2 Å². The number of hydrogen-bond donors (Lipinski definition) is 1. The van der Waals surface area contributed by atoms with Gasteiger partial charge in [0.1, 0.15) is 5.75 Å². The number of anilines is 1. The second-order valence-electron chi connectivity index (χ2n) is 7.28. The van der Waals surface area contributed by atoms with E-state index in [2.05, 4.69) is 10.3 Å². The molecular formula is C25H16Cl4N2O4. The van der Waals surface area contributed by atoms with E-state index in [0.717, 1.165) is 0 Å². The van der Waals surface area contributed by atoms with Gasteiger partial charge in [0.2, 0.25) is 0 Å². The van der Waals surface area contributed by atoms with Crippen LogP contribution >= 0.6 is 46.4 Å². The van der Waals surface area contributed by atoms with E-state index in [1.54, 1.807) is 42.5 Å². The van der Waals surface area contributed by atoms with Crippen LogP contribution in [0.25, 0.3) is 10.9 Å². The maximum Gasteiger partial charge on any atom is 0.346 e. The Balaban J connectivity index is 1.78. The minimum Gasteiger partial charge on any atom is -0.422 e. The molecule has 0 saturated carbocycles. The number of halogens is 4. The fourth-order valence-electron chi connectivity index (χ4n) is 3.46. The van der Waals surface area contributed by atoms with Gasteiger partial charge >= 0.3 is 5.97 Å². The van der Waals surface area contributed by atoms with Crippen molar-refractivity contribution in [1.82, 2.24) is 4.98 Å². The Bertz CT molecular complexity index is 1420. The molecule has 3 aromatic carbocycles. The van der Waals surface area contributed by atoms with Crippen LogP contribution in [0.2, 0.25) is 20.1 Å². The van der Waals surface area contributed by atoms with Crippen LogP contribution in [0.5, 0.6) is 5.75 Å². The van der Waals surface area contributed by atoms with Crippen LogP contribution in [0.15, 0.2) is 60.8 Å². The Morgan fingerprint density at radius 3 is 2.03 bits per heavy atom. The van der Waals surface area contributed by atoms with E-state index >= 15 is 0 Å². The summed E-state index contributed by atoms with van der Waals surface area (Å²) in [5.41, 5.74) is 1.40. The number of carbonyl (C=O) groups excluding carboxylic acids is 2. The predicted molar refractivity (Wildman–Crippen MR) is 138 cm³/mol. The summed E-state index contributed by atoms with van der Waals surface area (Å²) in [6.07, 6.45) is 1.50. The van der Waals surface area contributed by atoms with Crippen molar-refractivity contribution in [3.63, 3.8) is 0 Å². The number of ether oxygens (including phenoxy) is 2. The zero-order valence-corrected chi connectivity index (χ0v) is 21.1. The first-order valence-electron chi connectivity index (χ1n) is 10.1. The highest BCUT2D eigenvalue weighted by atomic mass is 35.5. The van der Waals surface area contributed by atoms with E-state index in [1.807, 2.05) is 0 Å². The van der Waals surface area contributed by atoms with Gasteiger partial charge in [0.05, 0.1) is 49.0 Å². The summed E-state index contributed by atoms with van der Waals surface area (Å²) in [7, 11) is 1.50. The highest BCUT2D eigenvalue weighted by Gasteiger charge is 2.22. The fourth-order valence-corrected chi connectivity index (χ4v) is 4.58. The number of rotatable bonds is 6. The molecule has 1 N–H and O–H groups in total. The molecule has 0 unspecified atom stereocenters. The summed E-state index contributed by atoms with van der Waals surface area (Å²) < 4.78 is 11.0. The summed E-state index contributed by atoms with van der Waals surface area (Å²) >= 11 is 24.7. The minimum atomic E-state index is -0.747. The number of pyridine rings is 1. The van der Waals surface area contributed by atoms with Gasteiger partial charge < -0.3 is 14.8 Å². The maximum absolute atomic E-state index is 13.0. The molecule has 6 nitrogen and oxygen atoms in total. The van der Waals surface area contributed by atoms with Gasteiger partial charge in [0.15, 0.2) is 0 Å². The third-order valence-electron chi connectivity index (χ3n) is 5.02. The van der Waals surface area contributed by atoms with Crippen molar-refractivity contribution in [1.29, 1.82) is 0 Å². The number of fused-ring (bicyclic) bond motifs is 1. The lowest BCUT2D eigenvalue weighted by Gasteiger charge is -2.15. The van der Waals surface area contributed by atoms with Gasteiger partial charge in [-0.1, -0.05) is 64.6 Å². The molecule has 0 atom stereocenters. The standard InChI is InChI=1S/C25H16Cl4N2O4/c1-34-12-13-11-30-22-14(23(13)35-25(33)21-17(28)8-4-9-18(21)29)5-2-10-19(22)31-24(32)20-15(26)6-3-7-16(20)27/h2-11H,12H2,1H3,(H,31,32). The molecule has 35 heavy (non-hydrogen) atoms. The van der Waals surface area contributed by atoms with Crippen molar-refractivity contribution in [2.75, 3.05) is 12.4 Å². The molecule has 1 aromatic heterocycles. The molecule has 0 aliphatic carbocycles. The largest absolute Gasteiger partial charge is 0.422 e. The number of aromatic nitrogens is 1. The van der Waals surface area contributed by atoms with Crippen molar-refractivity contribution in [3.05, 3.63) is 97.6 Å². The summed E-state index contributed by atoms with van der Waals surface area (Å²) in [6, 6.07) is 14.5. The average Bonchev–Trinajstić information content (AvgIpc) is 2.80. The lowest BCUT2D eigenvalue weighted by Crippen LogP contribution is -2.15. The van der Waals surface area contributed by atoms with Crippen LogP contribution in [0.3, 0.4) is 0 Å². The number of para-hydroxylation sites is 1. The Labute approximate surface area is 220 Å². The molecule has 0 aliphatic heterocycles. The van der Waals surface area contributed by atoms with Crippen LogP contribution in [-0.2, 0) is 11.3 Å². The summed E-state index contributed by atoms with van der Waals surface area (Å²) in [5, 5.41) is 3.95. The number of nitrogens with zero attached hydrogens (tertiary/aromatic N) is 1. The van der Waals surface area contributed by atoms with Gasteiger partial charge in [-0.25, -0.2) is 4.79 Å². The number of esters is 1. The lowest BCUT2D eigenvalue weighted by molar-refractivity contribution is 0.0731. The van der Waals surface area contributed by atoms with Crippen molar-refractivity contribution in [3.8, 4) is 5.75 Å².